The monoisotopic (exact) mass is 402 g/mol. The molecule has 2 amide bonds. The Kier molecular flexibility index (Phi) is 4.07. The van der Waals surface area contributed by atoms with E-state index in [0.717, 1.165) is 30.0 Å². The zero-order chi connectivity index (χ0) is 17.6. The van der Waals surface area contributed by atoms with Crippen LogP contribution in [0.2, 0.25) is 0 Å². The van der Waals surface area contributed by atoms with Crippen molar-refractivity contribution in [3.05, 3.63) is 58.3 Å². The fourth-order valence-electron chi connectivity index (χ4n) is 3.66. The van der Waals surface area contributed by atoms with Gasteiger partial charge in [0, 0.05) is 16.7 Å². The minimum atomic E-state index is -0.587. The molecule has 2 aliphatic heterocycles. The molecule has 128 valence electrons. The first-order valence-electron chi connectivity index (χ1n) is 8.22. The van der Waals surface area contributed by atoms with Crippen LogP contribution in [0.4, 0.5) is 15.8 Å². The van der Waals surface area contributed by atoms with Gasteiger partial charge in [0.15, 0.2) is 0 Å². The van der Waals surface area contributed by atoms with Crippen LogP contribution in [0.1, 0.15) is 18.4 Å². The molecule has 0 spiro atoms. The average Bonchev–Trinajstić information content (AvgIpc) is 2.89. The van der Waals surface area contributed by atoms with E-state index in [2.05, 4.69) is 22.0 Å². The molecule has 1 atom stereocenters. The van der Waals surface area contributed by atoms with Crippen LogP contribution in [0, 0.1) is 5.82 Å². The fraction of sp³-hybridized carbons (Fsp3) is 0.263. The van der Waals surface area contributed by atoms with E-state index in [4.69, 9.17) is 0 Å². The molecule has 0 bridgehead atoms. The van der Waals surface area contributed by atoms with Crippen molar-refractivity contribution in [2.75, 3.05) is 16.3 Å². The number of hydrogen-bond donors (Lipinski definition) is 0. The molecule has 0 aromatic heterocycles. The van der Waals surface area contributed by atoms with E-state index in [-0.39, 0.29) is 23.9 Å². The number of carbonyl (C=O) groups excluding carboxylic acids is 2. The first-order valence-corrected chi connectivity index (χ1v) is 9.02. The van der Waals surface area contributed by atoms with Gasteiger partial charge in [-0.2, -0.15) is 0 Å². The molecule has 6 heteroatoms. The van der Waals surface area contributed by atoms with Crippen LogP contribution in [0.5, 0.6) is 0 Å². The summed E-state index contributed by atoms with van der Waals surface area (Å²) in [5.74, 6) is -1.31. The van der Waals surface area contributed by atoms with Crippen LogP contribution in [-0.4, -0.2) is 24.4 Å². The van der Waals surface area contributed by atoms with Crippen LogP contribution >= 0.6 is 15.9 Å². The van der Waals surface area contributed by atoms with Gasteiger partial charge in [-0.05, 0) is 42.7 Å². The highest BCUT2D eigenvalue weighted by Gasteiger charge is 2.44. The zero-order valence-electron chi connectivity index (χ0n) is 13.4. The Morgan fingerprint density at radius 3 is 2.68 bits per heavy atom. The van der Waals surface area contributed by atoms with Gasteiger partial charge in [-0.25, -0.2) is 9.29 Å². The number of aryl methyl sites for hydroxylation is 1. The third-order valence-corrected chi connectivity index (χ3v) is 5.29. The molecule has 1 fully saturated rings. The van der Waals surface area contributed by atoms with Gasteiger partial charge in [0.1, 0.15) is 11.9 Å². The van der Waals surface area contributed by atoms with Crippen molar-refractivity contribution in [2.45, 2.75) is 25.3 Å². The lowest BCUT2D eigenvalue weighted by Crippen LogP contribution is -2.44. The molecule has 2 aromatic rings. The molecule has 2 aliphatic rings. The van der Waals surface area contributed by atoms with Crippen LogP contribution in [0.25, 0.3) is 0 Å². The number of carbonyl (C=O) groups is 2. The maximum absolute atomic E-state index is 14.3. The largest absolute Gasteiger partial charge is 0.359 e. The molecule has 2 aromatic carbocycles. The molecule has 0 radical (unpaired) electrons. The molecular weight excluding hydrogens is 387 g/mol. The van der Waals surface area contributed by atoms with Gasteiger partial charge in [0.05, 0.1) is 12.1 Å². The van der Waals surface area contributed by atoms with E-state index in [1.54, 1.807) is 6.07 Å². The number of halogens is 2. The third-order valence-electron chi connectivity index (χ3n) is 4.80. The molecule has 0 unspecified atom stereocenters. The summed E-state index contributed by atoms with van der Waals surface area (Å²) in [4.78, 5) is 28.4. The lowest BCUT2D eigenvalue weighted by Gasteiger charge is -2.34. The van der Waals surface area contributed by atoms with Crippen LogP contribution in [0.15, 0.2) is 46.9 Å². The Morgan fingerprint density at radius 2 is 1.88 bits per heavy atom. The van der Waals surface area contributed by atoms with Crippen LogP contribution in [0.3, 0.4) is 0 Å². The SMILES string of the molecule is O=C1C[C@@H](N2CCCc3ccccc32)C(=O)N1c1ccc(Br)cc1F. The van der Waals surface area contributed by atoms with Crippen molar-refractivity contribution in [1.29, 1.82) is 0 Å². The van der Waals surface area contributed by atoms with Gasteiger partial charge in [-0.3, -0.25) is 9.59 Å². The molecular formula is C19H16BrFN2O2. The number of nitrogens with zero attached hydrogens (tertiary/aromatic N) is 2. The normalized spacial score (nSPS) is 20.2. The predicted octanol–water partition coefficient (Wildman–Crippen LogP) is 3.67. The zero-order valence-corrected chi connectivity index (χ0v) is 15.0. The van der Waals surface area contributed by atoms with E-state index in [9.17, 15) is 14.0 Å². The number of benzene rings is 2. The van der Waals surface area contributed by atoms with E-state index in [1.165, 1.54) is 17.7 Å². The van der Waals surface area contributed by atoms with Gasteiger partial charge >= 0.3 is 0 Å². The summed E-state index contributed by atoms with van der Waals surface area (Å²) in [6, 6.07) is 11.7. The smallest absolute Gasteiger partial charge is 0.257 e. The van der Waals surface area contributed by atoms with Crippen molar-refractivity contribution >= 4 is 39.1 Å². The fourth-order valence-corrected chi connectivity index (χ4v) is 3.99. The van der Waals surface area contributed by atoms with Crippen molar-refractivity contribution in [2.24, 2.45) is 0 Å². The number of para-hydroxylation sites is 1. The molecule has 0 aliphatic carbocycles. The van der Waals surface area contributed by atoms with Gasteiger partial charge < -0.3 is 4.90 Å². The average molecular weight is 403 g/mol. The summed E-state index contributed by atoms with van der Waals surface area (Å²) >= 11 is 3.19. The number of amides is 2. The Hall–Kier alpha value is -2.21. The quantitative estimate of drug-likeness (QED) is 0.719. The second-order valence-corrected chi connectivity index (χ2v) is 7.22. The summed E-state index contributed by atoms with van der Waals surface area (Å²) in [5.41, 5.74) is 2.20. The van der Waals surface area contributed by atoms with Gasteiger partial charge in [0.25, 0.3) is 5.91 Å². The van der Waals surface area contributed by atoms with Crippen LogP contribution < -0.4 is 9.80 Å². The van der Waals surface area contributed by atoms with E-state index in [1.807, 2.05) is 23.1 Å². The maximum atomic E-state index is 14.3. The van der Waals surface area contributed by atoms with Crippen LogP contribution in [-0.2, 0) is 16.0 Å². The summed E-state index contributed by atoms with van der Waals surface area (Å²) in [6.45, 7) is 0.720. The third kappa shape index (κ3) is 2.74. The number of anilines is 2. The van der Waals surface area contributed by atoms with E-state index < -0.39 is 11.9 Å². The highest BCUT2D eigenvalue weighted by atomic mass is 79.9. The molecule has 4 rings (SSSR count). The molecule has 2 heterocycles. The Morgan fingerprint density at radius 1 is 1.08 bits per heavy atom. The number of hydrogen-bond acceptors (Lipinski definition) is 3. The topological polar surface area (TPSA) is 40.6 Å². The lowest BCUT2D eigenvalue weighted by molar-refractivity contribution is -0.121. The summed E-state index contributed by atoms with van der Waals surface area (Å²) in [7, 11) is 0. The second-order valence-electron chi connectivity index (χ2n) is 6.31. The standard InChI is InChI=1S/C19H16BrFN2O2/c20-13-7-8-16(14(21)10-13)23-18(24)11-17(19(23)25)22-9-3-5-12-4-1-2-6-15(12)22/h1-2,4,6-8,10,17H,3,5,9,11H2/t17-/m1/s1. The van der Waals surface area contributed by atoms with Gasteiger partial charge in [-0.1, -0.05) is 34.1 Å². The van der Waals surface area contributed by atoms with E-state index >= 15 is 0 Å². The minimum Gasteiger partial charge on any atom is -0.359 e. The van der Waals surface area contributed by atoms with Crippen molar-refractivity contribution < 1.29 is 14.0 Å². The number of imide groups is 1. The highest BCUT2D eigenvalue weighted by molar-refractivity contribution is 9.10. The van der Waals surface area contributed by atoms with Crippen molar-refractivity contribution in [3.63, 3.8) is 0 Å². The molecule has 0 saturated carbocycles. The van der Waals surface area contributed by atoms with Crippen molar-refractivity contribution in [3.8, 4) is 0 Å². The molecule has 4 nitrogen and oxygen atoms in total. The second kappa shape index (κ2) is 6.26. The highest BCUT2D eigenvalue weighted by Crippen LogP contribution is 2.34. The Bertz CT molecular complexity index is 870. The number of rotatable bonds is 2. The Balaban J connectivity index is 1.69. The van der Waals surface area contributed by atoms with Crippen molar-refractivity contribution in [1.82, 2.24) is 0 Å². The first kappa shape index (κ1) is 16.3. The Labute approximate surface area is 153 Å². The van der Waals surface area contributed by atoms with Gasteiger partial charge in [0.2, 0.25) is 5.91 Å². The molecule has 25 heavy (non-hydrogen) atoms. The van der Waals surface area contributed by atoms with E-state index in [0.29, 0.717) is 4.47 Å². The summed E-state index contributed by atoms with van der Waals surface area (Å²) in [6.07, 6.45) is 1.97. The first-order chi connectivity index (χ1) is 12.1. The van der Waals surface area contributed by atoms with Gasteiger partial charge in [-0.15, -0.1) is 0 Å². The lowest BCUT2D eigenvalue weighted by atomic mass is 9.99. The summed E-state index contributed by atoms with van der Waals surface area (Å²) in [5, 5.41) is 0. The molecule has 0 N–H and O–H groups in total. The summed E-state index contributed by atoms with van der Waals surface area (Å²) < 4.78 is 14.8. The number of fused-ring (bicyclic) bond motifs is 1. The molecule has 1 saturated heterocycles. The minimum absolute atomic E-state index is 0.0194. The predicted molar refractivity (Wildman–Crippen MR) is 97.1 cm³/mol. The maximum Gasteiger partial charge on any atom is 0.257 e.